The van der Waals surface area contributed by atoms with Crippen molar-refractivity contribution in [2.45, 2.75) is 18.4 Å². The predicted octanol–water partition coefficient (Wildman–Crippen LogP) is -10.9. The maximum absolute atomic E-state index is 10.3. The molecule has 0 saturated heterocycles. The summed E-state index contributed by atoms with van der Waals surface area (Å²) in [5.41, 5.74) is -2.74. The van der Waals surface area contributed by atoms with Crippen LogP contribution in [0, 0.1) is 0 Å². The third-order valence-electron chi connectivity index (χ3n) is 1.29. The molecule has 0 aliphatic heterocycles. The van der Waals surface area contributed by atoms with E-state index in [-0.39, 0.29) is 59.1 Å². The predicted molar refractivity (Wildman–Crippen MR) is 58.2 cm³/mol. The van der Waals surface area contributed by atoms with Gasteiger partial charge in [-0.2, -0.15) is 8.42 Å². The quantitative estimate of drug-likeness (QED) is 0.186. The van der Waals surface area contributed by atoms with E-state index in [1.54, 1.807) is 0 Å². The van der Waals surface area contributed by atoms with Crippen LogP contribution >= 0.6 is 0 Å². The van der Waals surface area contributed by atoms with Crippen molar-refractivity contribution in [3.05, 3.63) is 0 Å². The van der Waals surface area contributed by atoms with E-state index in [1.165, 1.54) is 0 Å². The second kappa shape index (κ2) is 16.0. The van der Waals surface area contributed by atoms with Crippen LogP contribution in [0.1, 0.15) is 12.8 Å². The number of carbonyl (C=O) groups is 4. The number of carboxylic acids is 3. The van der Waals surface area contributed by atoms with Crippen molar-refractivity contribution < 1.29 is 122 Å². The standard InChI is InChI=1S/C6H8O7.CH2O3.H3NO3S.2Na/c7-3(8)1-6(13,5(11)12)2-4(9)10;2-1(3)4;1-5(2,3)4;;/h13H,1-2H2,(H,7,8)(H,9,10)(H,11,12);(H2,2,3,4);(H3,1,2,3,4);;/q;;;2*+1/p-2. The Hall–Kier alpha value is -0.490. The van der Waals surface area contributed by atoms with Gasteiger partial charge in [-0.25, -0.2) is 9.93 Å². The minimum Gasteiger partial charge on any atom is -0.652 e. The third-order valence-corrected chi connectivity index (χ3v) is 1.29. The van der Waals surface area contributed by atoms with Gasteiger partial charge in [0.25, 0.3) is 0 Å². The van der Waals surface area contributed by atoms with E-state index in [0.717, 1.165) is 0 Å². The molecule has 0 fully saturated rings. The van der Waals surface area contributed by atoms with Gasteiger partial charge >= 0.3 is 87.3 Å². The van der Waals surface area contributed by atoms with Gasteiger partial charge in [-0.15, -0.1) is 0 Å². The smallest absolute Gasteiger partial charge is 0.652 e. The molecule has 0 heterocycles. The Balaban J connectivity index is -0.0000000919. The van der Waals surface area contributed by atoms with Gasteiger partial charge < -0.3 is 35.4 Å². The normalized spacial score (nSPS) is 9.29. The van der Waals surface area contributed by atoms with E-state index in [1.807, 2.05) is 0 Å². The van der Waals surface area contributed by atoms with Crippen LogP contribution in [0.5, 0.6) is 0 Å². The van der Waals surface area contributed by atoms with E-state index >= 15 is 0 Å². The number of aliphatic carboxylic acids is 3. The summed E-state index contributed by atoms with van der Waals surface area (Å²) in [4.78, 5) is 38.8. The maximum Gasteiger partial charge on any atom is 1.00 e. The number of carbonyl (C=O) groups excluding carboxylic acids is 1. The Bertz CT molecular complexity index is 490. The fraction of sp³-hybridized carbons (Fsp3) is 0.429. The number of hydrogen-bond acceptors (Lipinski definition) is 9. The molecule has 0 aliphatic carbocycles. The number of hydrogen-bond donors (Lipinski definition) is 6. The van der Waals surface area contributed by atoms with Crippen molar-refractivity contribution in [1.82, 2.24) is 0 Å². The zero-order valence-corrected chi connectivity index (χ0v) is 17.2. The SMILES string of the molecule is NS(=O)(=O)O.O=C(O)CC(O)(CC(=O)O)C(=O)O.O=C([O-])[O-].[Na+].[Na+]. The third kappa shape index (κ3) is 37.6. The molecule has 24 heavy (non-hydrogen) atoms. The number of rotatable bonds is 5. The number of carboxylic acid groups (broad SMARTS) is 5. The topological polar surface area (TPSA) is 276 Å². The number of nitrogens with two attached hydrogens (primary N) is 1. The first-order valence-corrected chi connectivity index (χ1v) is 6.04. The molecule has 14 nitrogen and oxygen atoms in total. The summed E-state index contributed by atoms with van der Waals surface area (Å²) in [7, 11) is -4.17. The molecule has 0 saturated carbocycles. The average Bonchev–Trinajstić information content (AvgIpc) is 2.09. The van der Waals surface area contributed by atoms with Crippen LogP contribution in [0.2, 0.25) is 0 Å². The first-order valence-electron chi connectivity index (χ1n) is 4.53. The van der Waals surface area contributed by atoms with E-state index < -0.39 is 52.8 Å². The van der Waals surface area contributed by atoms with Crippen LogP contribution in [-0.2, 0) is 24.7 Å². The first kappa shape index (κ1) is 34.8. The Labute approximate surface area is 178 Å². The molecule has 0 aromatic rings. The fourth-order valence-electron chi connectivity index (χ4n) is 0.714. The second-order valence-corrected chi connectivity index (χ2v) is 4.27. The van der Waals surface area contributed by atoms with E-state index in [9.17, 15) is 14.4 Å². The molecule has 0 aromatic heterocycles. The Morgan fingerprint density at radius 1 is 0.917 bits per heavy atom. The van der Waals surface area contributed by atoms with Crippen LogP contribution in [-0.4, -0.2) is 63.1 Å². The summed E-state index contributed by atoms with van der Waals surface area (Å²) in [6.07, 6.45) is -4.62. The number of aliphatic hydroxyl groups is 1. The van der Waals surface area contributed by atoms with Crippen molar-refractivity contribution >= 4 is 34.4 Å². The average molecular weight is 395 g/mol. The molecule has 130 valence electrons. The summed E-state index contributed by atoms with van der Waals surface area (Å²) in [5.74, 6) is -5.02. The molecule has 0 radical (unpaired) electrons. The van der Waals surface area contributed by atoms with Crippen molar-refractivity contribution in [2.24, 2.45) is 5.14 Å². The van der Waals surface area contributed by atoms with Gasteiger partial charge in [0.05, 0.1) is 12.8 Å². The molecule has 0 aliphatic rings. The molecular formula is C7H11NNa2O13S. The second-order valence-electron chi connectivity index (χ2n) is 3.24. The van der Waals surface area contributed by atoms with E-state index in [0.29, 0.717) is 0 Å². The van der Waals surface area contributed by atoms with Gasteiger partial charge in [0, 0.05) is 0 Å². The van der Waals surface area contributed by atoms with Gasteiger partial charge in [0.2, 0.25) is 0 Å². The van der Waals surface area contributed by atoms with Crippen molar-refractivity contribution in [3.63, 3.8) is 0 Å². The van der Waals surface area contributed by atoms with Crippen LogP contribution in [0.3, 0.4) is 0 Å². The van der Waals surface area contributed by atoms with Crippen LogP contribution < -0.4 is 74.5 Å². The summed E-state index contributed by atoms with van der Waals surface area (Å²) in [5, 5.41) is 54.4. The van der Waals surface area contributed by atoms with E-state index in [4.69, 9.17) is 48.4 Å². The zero-order chi connectivity index (χ0) is 18.7. The van der Waals surface area contributed by atoms with Gasteiger partial charge in [-0.05, 0) is 6.16 Å². The molecule has 0 atom stereocenters. The summed E-state index contributed by atoms with van der Waals surface area (Å²) < 4.78 is 25.2. The largest absolute Gasteiger partial charge is 1.00 e. The first-order chi connectivity index (χ1) is 9.51. The molecule has 0 aromatic carbocycles. The maximum atomic E-state index is 10.3. The van der Waals surface area contributed by atoms with Crippen LogP contribution in [0.4, 0.5) is 4.79 Å². The molecular weight excluding hydrogens is 384 g/mol. The van der Waals surface area contributed by atoms with Crippen molar-refractivity contribution in [3.8, 4) is 0 Å². The van der Waals surface area contributed by atoms with Crippen LogP contribution in [0.15, 0.2) is 0 Å². The van der Waals surface area contributed by atoms with Gasteiger partial charge in [0.1, 0.15) is 0 Å². The summed E-state index contributed by atoms with van der Waals surface area (Å²) >= 11 is 0. The van der Waals surface area contributed by atoms with Gasteiger partial charge in [-0.3, -0.25) is 14.1 Å². The Morgan fingerprint density at radius 2 is 1.08 bits per heavy atom. The molecule has 17 heteroatoms. The summed E-state index contributed by atoms with van der Waals surface area (Å²) in [6, 6.07) is 0. The Kier molecular flexibility index (Phi) is 23.2. The van der Waals surface area contributed by atoms with E-state index in [2.05, 4.69) is 5.14 Å². The van der Waals surface area contributed by atoms with Crippen LogP contribution in [0.25, 0.3) is 0 Å². The van der Waals surface area contributed by atoms with Gasteiger partial charge in [0.15, 0.2) is 5.60 Å². The molecule has 0 amide bonds. The summed E-state index contributed by atoms with van der Waals surface area (Å²) in [6.45, 7) is 0. The fourth-order valence-corrected chi connectivity index (χ4v) is 0.714. The minimum absolute atomic E-state index is 0. The molecule has 0 spiro atoms. The molecule has 0 unspecified atom stereocenters. The minimum atomic E-state index is -4.17. The molecule has 7 N–H and O–H groups in total. The van der Waals surface area contributed by atoms with Crippen molar-refractivity contribution in [2.75, 3.05) is 0 Å². The monoisotopic (exact) mass is 395 g/mol. The van der Waals surface area contributed by atoms with Gasteiger partial charge in [-0.1, -0.05) is 0 Å². The molecule has 0 bridgehead atoms. The Morgan fingerprint density at radius 3 is 1.17 bits per heavy atom. The zero-order valence-electron chi connectivity index (χ0n) is 12.4. The van der Waals surface area contributed by atoms with Crippen molar-refractivity contribution in [1.29, 1.82) is 0 Å². The molecule has 0 rings (SSSR count).